The van der Waals surface area contributed by atoms with E-state index in [1.807, 2.05) is 19.1 Å². The minimum atomic E-state index is 0.0495. The highest BCUT2D eigenvalue weighted by molar-refractivity contribution is 5.41. The lowest BCUT2D eigenvalue weighted by Crippen LogP contribution is -2.39. The molecule has 0 aliphatic heterocycles. The van der Waals surface area contributed by atoms with Crippen LogP contribution in [0.5, 0.6) is 11.5 Å². The van der Waals surface area contributed by atoms with Crippen LogP contribution in [0.4, 0.5) is 0 Å². The van der Waals surface area contributed by atoms with E-state index in [-0.39, 0.29) is 17.8 Å². The standard InChI is InChI=1S/C15H25NO3/c1-10(2)14(9-18-4)16-11(3)13-7-6-12(19-5)8-15(13)17/h6-8,10-11,14,16-17H,9H2,1-5H3. The van der Waals surface area contributed by atoms with Gasteiger partial charge in [-0.05, 0) is 18.9 Å². The number of ether oxygens (including phenoxy) is 2. The Labute approximate surface area is 115 Å². The van der Waals surface area contributed by atoms with Crippen molar-refractivity contribution < 1.29 is 14.6 Å². The summed E-state index contributed by atoms with van der Waals surface area (Å²) in [5, 5.41) is 13.5. The van der Waals surface area contributed by atoms with E-state index in [2.05, 4.69) is 19.2 Å². The minimum Gasteiger partial charge on any atom is -0.507 e. The van der Waals surface area contributed by atoms with Crippen molar-refractivity contribution in [3.8, 4) is 11.5 Å². The van der Waals surface area contributed by atoms with E-state index in [4.69, 9.17) is 9.47 Å². The second-order valence-corrected chi connectivity index (χ2v) is 5.12. The molecule has 0 aromatic heterocycles. The second-order valence-electron chi connectivity index (χ2n) is 5.12. The van der Waals surface area contributed by atoms with Gasteiger partial charge in [-0.15, -0.1) is 0 Å². The van der Waals surface area contributed by atoms with E-state index >= 15 is 0 Å². The highest BCUT2D eigenvalue weighted by Crippen LogP contribution is 2.28. The number of phenolic OH excluding ortho intramolecular Hbond substituents is 1. The van der Waals surface area contributed by atoms with E-state index < -0.39 is 0 Å². The Bertz CT molecular complexity index is 393. The molecule has 0 radical (unpaired) electrons. The first-order valence-electron chi connectivity index (χ1n) is 6.61. The van der Waals surface area contributed by atoms with Crippen LogP contribution in [0.1, 0.15) is 32.4 Å². The maximum atomic E-state index is 10.0. The van der Waals surface area contributed by atoms with Gasteiger partial charge in [0, 0.05) is 30.8 Å². The molecule has 1 rings (SSSR count). The van der Waals surface area contributed by atoms with E-state index in [0.29, 0.717) is 18.3 Å². The van der Waals surface area contributed by atoms with Crippen molar-refractivity contribution in [2.45, 2.75) is 32.9 Å². The van der Waals surface area contributed by atoms with E-state index in [1.165, 1.54) is 0 Å². The summed E-state index contributed by atoms with van der Waals surface area (Å²) >= 11 is 0. The van der Waals surface area contributed by atoms with Crippen LogP contribution >= 0.6 is 0 Å². The Kier molecular flexibility index (Phi) is 6.12. The minimum absolute atomic E-state index is 0.0495. The van der Waals surface area contributed by atoms with Gasteiger partial charge in [0.2, 0.25) is 0 Å². The zero-order valence-electron chi connectivity index (χ0n) is 12.4. The molecule has 0 heterocycles. The number of aromatic hydroxyl groups is 1. The highest BCUT2D eigenvalue weighted by Gasteiger charge is 2.18. The summed E-state index contributed by atoms with van der Waals surface area (Å²) < 4.78 is 10.3. The number of methoxy groups -OCH3 is 2. The van der Waals surface area contributed by atoms with Gasteiger partial charge in [0.15, 0.2) is 0 Å². The highest BCUT2D eigenvalue weighted by atomic mass is 16.5. The first-order chi connectivity index (χ1) is 8.99. The van der Waals surface area contributed by atoms with Crippen LogP contribution in [0, 0.1) is 5.92 Å². The molecule has 108 valence electrons. The fourth-order valence-corrected chi connectivity index (χ4v) is 2.04. The van der Waals surface area contributed by atoms with E-state index in [1.54, 1.807) is 20.3 Å². The van der Waals surface area contributed by atoms with Crippen molar-refractivity contribution in [1.29, 1.82) is 0 Å². The van der Waals surface area contributed by atoms with Crippen LogP contribution in [0.15, 0.2) is 18.2 Å². The van der Waals surface area contributed by atoms with Crippen molar-refractivity contribution in [3.63, 3.8) is 0 Å². The molecule has 0 saturated heterocycles. The number of hydrogen-bond donors (Lipinski definition) is 2. The lowest BCUT2D eigenvalue weighted by atomic mass is 10.0. The van der Waals surface area contributed by atoms with Crippen LogP contribution in [0.2, 0.25) is 0 Å². The van der Waals surface area contributed by atoms with Crippen molar-refractivity contribution in [3.05, 3.63) is 23.8 Å². The first kappa shape index (κ1) is 15.8. The SMILES string of the molecule is COCC(NC(C)c1ccc(OC)cc1O)C(C)C. The summed E-state index contributed by atoms with van der Waals surface area (Å²) in [6, 6.07) is 5.67. The number of hydrogen-bond acceptors (Lipinski definition) is 4. The zero-order valence-corrected chi connectivity index (χ0v) is 12.4. The van der Waals surface area contributed by atoms with Gasteiger partial charge in [-0.2, -0.15) is 0 Å². The summed E-state index contributed by atoms with van der Waals surface area (Å²) in [5.41, 5.74) is 0.863. The van der Waals surface area contributed by atoms with Crippen molar-refractivity contribution in [2.24, 2.45) is 5.92 Å². The second kappa shape index (κ2) is 7.36. The summed E-state index contributed by atoms with van der Waals surface area (Å²) in [7, 11) is 3.29. The first-order valence-corrected chi connectivity index (χ1v) is 6.61. The summed E-state index contributed by atoms with van der Waals surface area (Å²) in [6.45, 7) is 6.99. The molecule has 2 N–H and O–H groups in total. The van der Waals surface area contributed by atoms with Crippen molar-refractivity contribution >= 4 is 0 Å². The van der Waals surface area contributed by atoms with Crippen LogP contribution in [-0.2, 0) is 4.74 Å². The number of benzene rings is 1. The Morgan fingerprint density at radius 2 is 1.89 bits per heavy atom. The molecule has 1 aromatic rings. The van der Waals surface area contributed by atoms with Gasteiger partial charge in [-0.25, -0.2) is 0 Å². The number of rotatable bonds is 7. The molecule has 0 spiro atoms. The molecule has 4 heteroatoms. The van der Waals surface area contributed by atoms with Gasteiger partial charge in [-0.1, -0.05) is 19.9 Å². The molecule has 2 atom stereocenters. The Morgan fingerprint density at radius 3 is 2.37 bits per heavy atom. The van der Waals surface area contributed by atoms with Gasteiger partial charge in [0.05, 0.1) is 13.7 Å². The average Bonchev–Trinajstić information content (AvgIpc) is 2.37. The number of nitrogens with one attached hydrogen (secondary N) is 1. The molecule has 2 unspecified atom stereocenters. The summed E-state index contributed by atoms with van der Waals surface area (Å²) in [5.74, 6) is 1.37. The van der Waals surface area contributed by atoms with Gasteiger partial charge >= 0.3 is 0 Å². The molecular formula is C15H25NO3. The maximum absolute atomic E-state index is 10.0. The number of phenols is 1. The van der Waals surface area contributed by atoms with Gasteiger partial charge in [0.1, 0.15) is 11.5 Å². The molecule has 0 bridgehead atoms. The predicted octanol–water partition coefficient (Wildman–Crippen LogP) is 2.72. The molecule has 0 amide bonds. The molecule has 0 saturated carbocycles. The fraction of sp³-hybridized carbons (Fsp3) is 0.600. The molecule has 19 heavy (non-hydrogen) atoms. The molecule has 1 aromatic carbocycles. The molecule has 0 fully saturated rings. The topological polar surface area (TPSA) is 50.7 Å². The van der Waals surface area contributed by atoms with Gasteiger partial charge < -0.3 is 19.9 Å². The van der Waals surface area contributed by atoms with Crippen LogP contribution < -0.4 is 10.1 Å². The van der Waals surface area contributed by atoms with Gasteiger partial charge in [-0.3, -0.25) is 0 Å². The molecule has 4 nitrogen and oxygen atoms in total. The lowest BCUT2D eigenvalue weighted by Gasteiger charge is -2.26. The predicted molar refractivity (Wildman–Crippen MR) is 76.7 cm³/mol. The Hall–Kier alpha value is -1.26. The smallest absolute Gasteiger partial charge is 0.124 e. The summed E-state index contributed by atoms with van der Waals surface area (Å²) in [6.07, 6.45) is 0. The van der Waals surface area contributed by atoms with Crippen molar-refractivity contribution in [1.82, 2.24) is 5.32 Å². The maximum Gasteiger partial charge on any atom is 0.124 e. The molecule has 0 aliphatic rings. The quantitative estimate of drug-likeness (QED) is 0.797. The van der Waals surface area contributed by atoms with Gasteiger partial charge in [0.25, 0.3) is 0 Å². The lowest BCUT2D eigenvalue weighted by molar-refractivity contribution is 0.141. The summed E-state index contributed by atoms with van der Waals surface area (Å²) in [4.78, 5) is 0. The Morgan fingerprint density at radius 1 is 1.21 bits per heavy atom. The monoisotopic (exact) mass is 267 g/mol. The van der Waals surface area contributed by atoms with Crippen LogP contribution in [-0.4, -0.2) is 32.0 Å². The van der Waals surface area contributed by atoms with E-state index in [9.17, 15) is 5.11 Å². The van der Waals surface area contributed by atoms with Crippen molar-refractivity contribution in [2.75, 3.05) is 20.8 Å². The fourth-order valence-electron chi connectivity index (χ4n) is 2.04. The third-order valence-electron chi connectivity index (χ3n) is 3.32. The zero-order chi connectivity index (χ0) is 14.4. The largest absolute Gasteiger partial charge is 0.507 e. The third kappa shape index (κ3) is 4.40. The van der Waals surface area contributed by atoms with E-state index in [0.717, 1.165) is 5.56 Å². The average molecular weight is 267 g/mol. The molecule has 0 aliphatic carbocycles. The molecular weight excluding hydrogens is 242 g/mol. The van der Waals surface area contributed by atoms with Crippen LogP contribution in [0.25, 0.3) is 0 Å². The Balaban J connectivity index is 2.79. The normalized spacial score (nSPS) is 14.4. The van der Waals surface area contributed by atoms with Crippen LogP contribution in [0.3, 0.4) is 0 Å². The third-order valence-corrected chi connectivity index (χ3v) is 3.32.